The first kappa shape index (κ1) is 16.1. The van der Waals surface area contributed by atoms with E-state index < -0.39 is 0 Å². The molecule has 0 unspecified atom stereocenters. The summed E-state index contributed by atoms with van der Waals surface area (Å²) in [5, 5.41) is 5.55. The molecule has 4 heterocycles. The molecule has 2 saturated heterocycles. The first-order chi connectivity index (χ1) is 12.2. The summed E-state index contributed by atoms with van der Waals surface area (Å²) in [7, 11) is 0. The van der Waals surface area contributed by atoms with Crippen LogP contribution in [0.2, 0.25) is 0 Å². The van der Waals surface area contributed by atoms with Gasteiger partial charge in [0.2, 0.25) is 5.91 Å². The smallest absolute Gasteiger partial charge is 0.275 e. The number of rotatable bonds is 3. The summed E-state index contributed by atoms with van der Waals surface area (Å²) >= 11 is 1.19. The topological polar surface area (TPSA) is 79.3 Å². The largest absolute Gasteiger partial charge is 0.337 e. The minimum atomic E-state index is -0.135. The molecule has 2 fully saturated rings. The van der Waals surface area contributed by atoms with Gasteiger partial charge in [-0.05, 0) is 42.4 Å². The molecule has 2 aliphatic rings. The lowest BCUT2D eigenvalue weighted by atomic mass is 9.84. The summed E-state index contributed by atoms with van der Waals surface area (Å²) in [5.74, 6) is 0.138. The Kier molecular flexibility index (Phi) is 4.20. The van der Waals surface area contributed by atoms with Crippen LogP contribution in [-0.4, -0.2) is 54.8 Å². The summed E-state index contributed by atoms with van der Waals surface area (Å²) in [5.41, 5.74) is 1.32. The number of pyridine rings is 1. The van der Waals surface area contributed by atoms with Gasteiger partial charge < -0.3 is 9.80 Å². The minimum absolute atomic E-state index is 0.0632. The van der Waals surface area contributed by atoms with Crippen molar-refractivity contribution in [2.45, 2.75) is 37.8 Å². The van der Waals surface area contributed by atoms with Crippen LogP contribution in [0, 0.1) is 0 Å². The first-order valence-electron chi connectivity index (χ1n) is 8.44. The van der Waals surface area contributed by atoms with E-state index in [9.17, 15) is 9.59 Å². The fraction of sp³-hybridized carbons (Fsp3) is 0.471. The summed E-state index contributed by atoms with van der Waals surface area (Å²) in [6.07, 6.45) is 6.62. The van der Waals surface area contributed by atoms with E-state index in [4.69, 9.17) is 0 Å². The standard InChI is InChI=1S/C17H19N5O2S/c23-15-3-4-17(22(15)11-13-2-1-7-18-10-13)5-8-21(9-6-17)16(24)14-12-25-20-19-14/h1-2,7,10,12H,3-6,8-9,11H2. The van der Waals surface area contributed by atoms with Gasteiger partial charge >= 0.3 is 0 Å². The van der Waals surface area contributed by atoms with Crippen LogP contribution in [0.1, 0.15) is 41.7 Å². The van der Waals surface area contributed by atoms with Gasteiger partial charge in [0, 0.05) is 49.4 Å². The molecule has 130 valence electrons. The van der Waals surface area contributed by atoms with Gasteiger partial charge in [0.05, 0.1) is 0 Å². The Balaban J connectivity index is 1.47. The maximum Gasteiger partial charge on any atom is 0.275 e. The van der Waals surface area contributed by atoms with Crippen molar-refractivity contribution in [3.05, 3.63) is 41.2 Å². The minimum Gasteiger partial charge on any atom is -0.337 e. The van der Waals surface area contributed by atoms with Gasteiger partial charge in [-0.1, -0.05) is 10.6 Å². The Hall–Kier alpha value is -2.35. The van der Waals surface area contributed by atoms with Crippen LogP contribution < -0.4 is 0 Å². The average molecular weight is 357 g/mol. The van der Waals surface area contributed by atoms with Crippen molar-refractivity contribution in [1.82, 2.24) is 24.4 Å². The number of amides is 2. The summed E-state index contributed by atoms with van der Waals surface area (Å²) in [4.78, 5) is 32.9. The molecule has 0 atom stereocenters. The maximum atomic E-state index is 12.5. The summed E-state index contributed by atoms with van der Waals surface area (Å²) in [6.45, 7) is 1.89. The third kappa shape index (κ3) is 3.02. The van der Waals surface area contributed by atoms with Gasteiger partial charge in [-0.3, -0.25) is 14.6 Å². The van der Waals surface area contributed by atoms with E-state index in [-0.39, 0.29) is 17.4 Å². The zero-order valence-electron chi connectivity index (χ0n) is 13.8. The second-order valence-electron chi connectivity index (χ2n) is 6.65. The molecule has 7 nitrogen and oxygen atoms in total. The zero-order valence-corrected chi connectivity index (χ0v) is 14.6. The molecule has 25 heavy (non-hydrogen) atoms. The Labute approximate surface area is 149 Å². The molecule has 2 aromatic rings. The number of nitrogens with zero attached hydrogens (tertiary/aromatic N) is 5. The van der Waals surface area contributed by atoms with Crippen molar-refractivity contribution < 1.29 is 9.59 Å². The second kappa shape index (κ2) is 6.51. The molecule has 0 N–H and O–H groups in total. The average Bonchev–Trinajstić information content (AvgIpc) is 3.28. The molecule has 2 amide bonds. The lowest BCUT2D eigenvalue weighted by molar-refractivity contribution is -0.133. The predicted molar refractivity (Wildman–Crippen MR) is 91.8 cm³/mol. The molecule has 4 rings (SSSR count). The van der Waals surface area contributed by atoms with Crippen LogP contribution in [0.5, 0.6) is 0 Å². The number of carbonyl (C=O) groups is 2. The molecule has 0 aromatic carbocycles. The summed E-state index contributed by atoms with van der Waals surface area (Å²) < 4.78 is 3.76. The molecule has 2 aliphatic heterocycles. The van der Waals surface area contributed by atoms with E-state index in [0.29, 0.717) is 31.7 Å². The molecule has 0 bridgehead atoms. The Bertz CT molecular complexity index is 757. The van der Waals surface area contributed by atoms with E-state index >= 15 is 0 Å². The van der Waals surface area contributed by atoms with Crippen LogP contribution in [0.4, 0.5) is 0 Å². The lowest BCUT2D eigenvalue weighted by Crippen LogP contribution is -2.53. The van der Waals surface area contributed by atoms with E-state index in [0.717, 1.165) is 24.8 Å². The number of aromatic nitrogens is 3. The highest BCUT2D eigenvalue weighted by Crippen LogP contribution is 2.40. The van der Waals surface area contributed by atoms with Crippen molar-refractivity contribution in [3.8, 4) is 0 Å². The fourth-order valence-corrected chi connectivity index (χ4v) is 4.30. The zero-order chi connectivity index (χ0) is 17.3. The third-order valence-electron chi connectivity index (χ3n) is 5.30. The third-order valence-corrected chi connectivity index (χ3v) is 5.81. The van der Waals surface area contributed by atoms with Crippen molar-refractivity contribution in [3.63, 3.8) is 0 Å². The number of likely N-dealkylation sites (tertiary alicyclic amines) is 2. The Morgan fingerprint density at radius 3 is 2.80 bits per heavy atom. The van der Waals surface area contributed by atoms with Gasteiger partial charge in [0.1, 0.15) is 0 Å². The molecule has 0 saturated carbocycles. The van der Waals surface area contributed by atoms with E-state index in [2.05, 4.69) is 14.6 Å². The van der Waals surface area contributed by atoms with Crippen LogP contribution in [0.3, 0.4) is 0 Å². The van der Waals surface area contributed by atoms with Crippen molar-refractivity contribution in [2.75, 3.05) is 13.1 Å². The van der Waals surface area contributed by atoms with Crippen molar-refractivity contribution in [1.29, 1.82) is 0 Å². The predicted octanol–water partition coefficient (Wildman–Crippen LogP) is 1.73. The Morgan fingerprint density at radius 2 is 2.12 bits per heavy atom. The highest BCUT2D eigenvalue weighted by molar-refractivity contribution is 7.03. The Morgan fingerprint density at radius 1 is 1.28 bits per heavy atom. The van der Waals surface area contributed by atoms with Crippen LogP contribution in [-0.2, 0) is 11.3 Å². The van der Waals surface area contributed by atoms with Crippen LogP contribution in [0.15, 0.2) is 29.9 Å². The molecule has 0 aliphatic carbocycles. The maximum absolute atomic E-state index is 12.5. The second-order valence-corrected chi connectivity index (χ2v) is 7.26. The van der Waals surface area contributed by atoms with Gasteiger partial charge in [-0.25, -0.2) is 0 Å². The SMILES string of the molecule is O=C(c1csnn1)N1CCC2(CCC(=O)N2Cc2cccnc2)CC1. The van der Waals surface area contributed by atoms with Crippen molar-refractivity contribution in [2.24, 2.45) is 0 Å². The highest BCUT2D eigenvalue weighted by Gasteiger charge is 2.47. The van der Waals surface area contributed by atoms with E-state index in [1.165, 1.54) is 11.5 Å². The summed E-state index contributed by atoms with van der Waals surface area (Å²) in [6, 6.07) is 3.89. The molecule has 1 spiro atoms. The number of hydrogen-bond donors (Lipinski definition) is 0. The van der Waals surface area contributed by atoms with Crippen LogP contribution in [0.25, 0.3) is 0 Å². The normalized spacial score (nSPS) is 19.6. The van der Waals surface area contributed by atoms with Gasteiger partial charge in [-0.2, -0.15) is 0 Å². The number of piperidine rings is 1. The molecule has 2 aromatic heterocycles. The molecular weight excluding hydrogens is 338 g/mol. The fourth-order valence-electron chi connectivity index (χ4n) is 3.87. The van der Waals surface area contributed by atoms with Gasteiger partial charge in [0.25, 0.3) is 5.91 Å². The number of carbonyl (C=O) groups excluding carboxylic acids is 2. The van der Waals surface area contributed by atoms with Gasteiger partial charge in [-0.15, -0.1) is 5.10 Å². The van der Waals surface area contributed by atoms with E-state index in [1.807, 2.05) is 28.1 Å². The lowest BCUT2D eigenvalue weighted by Gasteiger charge is -2.44. The van der Waals surface area contributed by atoms with Gasteiger partial charge in [0.15, 0.2) is 5.69 Å². The molecule has 8 heteroatoms. The number of hydrogen-bond acceptors (Lipinski definition) is 6. The molecular formula is C17H19N5O2S. The quantitative estimate of drug-likeness (QED) is 0.836. The highest BCUT2D eigenvalue weighted by atomic mass is 32.1. The monoisotopic (exact) mass is 357 g/mol. The van der Waals surface area contributed by atoms with Crippen molar-refractivity contribution >= 4 is 23.3 Å². The molecule has 0 radical (unpaired) electrons. The first-order valence-corrected chi connectivity index (χ1v) is 9.27. The van der Waals surface area contributed by atoms with E-state index in [1.54, 1.807) is 11.6 Å². The van der Waals surface area contributed by atoms with Crippen LogP contribution >= 0.6 is 11.5 Å².